The zero-order valence-corrected chi connectivity index (χ0v) is 10.9. The molecule has 0 fully saturated rings. The van der Waals surface area contributed by atoms with Crippen LogP contribution in [0.25, 0.3) is 0 Å². The van der Waals surface area contributed by atoms with E-state index < -0.39 is 23.3 Å². The van der Waals surface area contributed by atoms with Gasteiger partial charge in [-0.2, -0.15) is 13.2 Å². The lowest BCUT2D eigenvalue weighted by atomic mass is 10.0. The van der Waals surface area contributed by atoms with E-state index in [9.17, 15) is 23.1 Å². The van der Waals surface area contributed by atoms with Gasteiger partial charge in [0, 0.05) is 4.90 Å². The van der Waals surface area contributed by atoms with Crippen LogP contribution in [0.5, 0.6) is 0 Å². The van der Waals surface area contributed by atoms with Crippen LogP contribution in [0.15, 0.2) is 47.4 Å². The summed E-state index contributed by atoms with van der Waals surface area (Å²) in [7, 11) is 0. The smallest absolute Gasteiger partial charge is 0.388 e. The van der Waals surface area contributed by atoms with Crippen LogP contribution in [-0.2, 0) is 4.79 Å². The maximum atomic E-state index is 12.8. The molecule has 1 aromatic carbocycles. The lowest BCUT2D eigenvalue weighted by molar-refractivity contribution is -0.191. The lowest BCUT2D eigenvalue weighted by Crippen LogP contribution is -2.38. The quantitative estimate of drug-likeness (QED) is 0.682. The molecule has 0 saturated heterocycles. The number of benzene rings is 1. The van der Waals surface area contributed by atoms with Crippen LogP contribution in [0.4, 0.5) is 13.2 Å². The Balaban J connectivity index is 2.90. The minimum absolute atomic E-state index is 0.412. The predicted octanol–water partition coefficient (Wildman–Crippen LogP) is 3.42. The molecule has 104 valence electrons. The highest BCUT2D eigenvalue weighted by Gasteiger charge is 2.48. The van der Waals surface area contributed by atoms with Gasteiger partial charge in [0.15, 0.2) is 5.92 Å². The molecule has 0 radical (unpaired) electrons. The molecule has 1 aromatic rings. The van der Waals surface area contributed by atoms with Crippen molar-refractivity contribution >= 4 is 16.9 Å². The van der Waals surface area contributed by atoms with Crippen molar-refractivity contribution in [3.05, 3.63) is 42.5 Å². The summed E-state index contributed by atoms with van der Waals surface area (Å²) in [6.07, 6.45) is -4.41. The Morgan fingerprint density at radius 1 is 1.32 bits per heavy atom. The number of aliphatic hydroxyl groups is 1. The number of alkyl halides is 3. The molecule has 0 bridgehead atoms. The van der Waals surface area contributed by atoms with Crippen molar-refractivity contribution in [1.29, 1.82) is 0 Å². The van der Waals surface area contributed by atoms with E-state index in [1.807, 2.05) is 0 Å². The van der Waals surface area contributed by atoms with Crippen LogP contribution in [0.2, 0.25) is 0 Å². The van der Waals surface area contributed by atoms with E-state index in [0.717, 1.165) is 6.08 Å². The molecule has 6 heteroatoms. The van der Waals surface area contributed by atoms with Gasteiger partial charge >= 0.3 is 6.18 Å². The molecule has 0 aromatic heterocycles. The first-order valence-corrected chi connectivity index (χ1v) is 6.32. The zero-order valence-electron chi connectivity index (χ0n) is 10.1. The zero-order chi connectivity index (χ0) is 14.5. The Bertz CT molecular complexity index is 443. The van der Waals surface area contributed by atoms with Crippen molar-refractivity contribution in [2.24, 2.45) is 5.92 Å². The van der Waals surface area contributed by atoms with E-state index >= 15 is 0 Å². The molecule has 0 spiro atoms. The highest BCUT2D eigenvalue weighted by atomic mass is 32.2. The average Bonchev–Trinajstić information content (AvgIpc) is 2.28. The molecule has 0 aliphatic carbocycles. The van der Waals surface area contributed by atoms with Crippen molar-refractivity contribution in [3.63, 3.8) is 0 Å². The van der Waals surface area contributed by atoms with E-state index in [1.54, 1.807) is 18.2 Å². The molecule has 0 aliphatic heterocycles. The Morgan fingerprint density at radius 3 is 2.37 bits per heavy atom. The largest absolute Gasteiger partial charge is 0.402 e. The normalized spacial score (nSPS) is 15.4. The Hall–Kier alpha value is -1.27. The summed E-state index contributed by atoms with van der Waals surface area (Å²) in [6, 6.07) is 8.03. The van der Waals surface area contributed by atoms with Gasteiger partial charge in [-0.15, -0.1) is 0 Å². The van der Waals surface area contributed by atoms with E-state index in [4.69, 9.17) is 0 Å². The maximum Gasteiger partial charge on any atom is 0.402 e. The number of carbonyl (C=O) groups excluding carboxylic acids is 1. The number of aliphatic hydroxyl groups excluding tert-OH is 1. The molecule has 2 nitrogen and oxygen atoms in total. The molecule has 19 heavy (non-hydrogen) atoms. The fourth-order valence-electron chi connectivity index (χ4n) is 1.44. The Kier molecular flexibility index (Phi) is 5.62. The van der Waals surface area contributed by atoms with E-state index in [0.29, 0.717) is 16.7 Å². The second kappa shape index (κ2) is 6.77. The second-order valence-electron chi connectivity index (χ2n) is 3.77. The van der Waals surface area contributed by atoms with Crippen LogP contribution < -0.4 is 0 Å². The van der Waals surface area contributed by atoms with Crippen LogP contribution >= 0.6 is 11.8 Å². The van der Waals surface area contributed by atoms with Crippen LogP contribution in [-0.4, -0.2) is 22.5 Å². The second-order valence-corrected chi connectivity index (χ2v) is 4.85. The number of hydrogen-bond acceptors (Lipinski definition) is 3. The number of thioether (sulfide) groups is 1. The van der Waals surface area contributed by atoms with Crippen LogP contribution in [0.3, 0.4) is 0 Å². The van der Waals surface area contributed by atoms with Gasteiger partial charge in [0.1, 0.15) is 0 Å². The van der Waals surface area contributed by atoms with Gasteiger partial charge in [-0.25, -0.2) is 0 Å². The first-order chi connectivity index (χ1) is 8.86. The molecule has 2 atom stereocenters. The predicted molar refractivity (Wildman–Crippen MR) is 67.7 cm³/mol. The van der Waals surface area contributed by atoms with Gasteiger partial charge in [-0.05, 0) is 19.1 Å². The third-order valence-electron chi connectivity index (χ3n) is 2.30. The summed E-state index contributed by atoms with van der Waals surface area (Å²) >= 11 is 0.480. The maximum absolute atomic E-state index is 12.8. The summed E-state index contributed by atoms with van der Waals surface area (Å²) in [6.45, 7) is 1.48. The summed E-state index contributed by atoms with van der Waals surface area (Å²) in [5.74, 6) is -2.42. The minimum Gasteiger partial charge on any atom is -0.388 e. The van der Waals surface area contributed by atoms with Crippen molar-refractivity contribution in [1.82, 2.24) is 0 Å². The first kappa shape index (κ1) is 15.8. The highest BCUT2D eigenvalue weighted by molar-refractivity contribution is 8.13. The number of hydrogen-bond donors (Lipinski definition) is 1. The number of allylic oxidation sites excluding steroid dienone is 1. The summed E-state index contributed by atoms with van der Waals surface area (Å²) in [4.78, 5) is 12.1. The highest BCUT2D eigenvalue weighted by Crippen LogP contribution is 2.35. The van der Waals surface area contributed by atoms with E-state index in [1.165, 1.54) is 25.1 Å². The molecule has 0 saturated carbocycles. The molecule has 1 rings (SSSR count). The summed E-state index contributed by atoms with van der Waals surface area (Å²) in [5, 5.41) is 8.33. The summed E-state index contributed by atoms with van der Waals surface area (Å²) < 4.78 is 38.5. The number of halogens is 3. The van der Waals surface area contributed by atoms with Gasteiger partial charge in [0.2, 0.25) is 5.12 Å². The molecule has 0 unspecified atom stereocenters. The monoisotopic (exact) mass is 290 g/mol. The third kappa shape index (κ3) is 4.72. The SMILES string of the molecule is C/C=C/[C@H](O)[C@H](C(=O)Sc1ccccc1)C(F)(F)F. The third-order valence-corrected chi connectivity index (χ3v) is 3.26. The van der Waals surface area contributed by atoms with E-state index in [-0.39, 0.29) is 0 Å². The van der Waals surface area contributed by atoms with Crippen LogP contribution in [0, 0.1) is 5.92 Å². The first-order valence-electron chi connectivity index (χ1n) is 5.50. The molecule has 0 amide bonds. The molecule has 0 aliphatic rings. The number of rotatable bonds is 4. The summed E-state index contributed by atoms with van der Waals surface area (Å²) in [5.41, 5.74) is 0. The molecule has 0 heterocycles. The molecule has 1 N–H and O–H groups in total. The molecular formula is C13H13F3O2S. The van der Waals surface area contributed by atoms with Crippen molar-refractivity contribution < 1.29 is 23.1 Å². The number of carbonyl (C=O) groups is 1. The van der Waals surface area contributed by atoms with Gasteiger partial charge in [-0.1, -0.05) is 42.1 Å². The Morgan fingerprint density at radius 2 is 1.89 bits per heavy atom. The van der Waals surface area contributed by atoms with Gasteiger partial charge < -0.3 is 5.11 Å². The molecular weight excluding hydrogens is 277 g/mol. The van der Waals surface area contributed by atoms with Crippen molar-refractivity contribution in [3.8, 4) is 0 Å². The van der Waals surface area contributed by atoms with Gasteiger partial charge in [0.25, 0.3) is 0 Å². The van der Waals surface area contributed by atoms with E-state index in [2.05, 4.69) is 0 Å². The fraction of sp³-hybridized carbons (Fsp3) is 0.308. The fourth-order valence-corrected chi connectivity index (χ4v) is 2.37. The lowest BCUT2D eigenvalue weighted by Gasteiger charge is -2.21. The average molecular weight is 290 g/mol. The standard InChI is InChI=1S/C13H13F3O2S/c1-2-6-10(17)11(13(14,15)16)12(18)19-9-7-4-3-5-8-9/h2-8,10-11,17H,1H3/b6-2+/t10-,11+/m0/s1. The Labute approximate surface area is 113 Å². The minimum atomic E-state index is -4.78. The topological polar surface area (TPSA) is 37.3 Å². The van der Waals surface area contributed by atoms with Crippen LogP contribution in [0.1, 0.15) is 6.92 Å². The van der Waals surface area contributed by atoms with Crippen molar-refractivity contribution in [2.45, 2.75) is 24.1 Å². The van der Waals surface area contributed by atoms with Gasteiger partial charge in [0.05, 0.1) is 6.10 Å². The van der Waals surface area contributed by atoms with Gasteiger partial charge in [-0.3, -0.25) is 4.79 Å². The van der Waals surface area contributed by atoms with Crippen molar-refractivity contribution in [2.75, 3.05) is 0 Å².